The van der Waals surface area contributed by atoms with Crippen LogP contribution in [0.2, 0.25) is 0 Å². The highest BCUT2D eigenvalue weighted by molar-refractivity contribution is 5.48. The number of rotatable bonds is 3. The van der Waals surface area contributed by atoms with Crippen LogP contribution < -0.4 is 4.74 Å². The average molecular weight is 180 g/mol. The van der Waals surface area contributed by atoms with E-state index in [4.69, 9.17) is 4.74 Å². The molecule has 68 valence electrons. The minimum Gasteiger partial charge on any atom is -0.481 e. The van der Waals surface area contributed by atoms with Gasteiger partial charge in [0.15, 0.2) is 0 Å². The van der Waals surface area contributed by atoms with Crippen LogP contribution in [-0.4, -0.2) is 17.0 Å². The number of aromatic nitrogens is 1. The molecule has 0 atom stereocenters. The minimum absolute atomic E-state index is 0.436. The number of nitro groups is 1. The Kier molecular flexibility index (Phi) is 2.97. The van der Waals surface area contributed by atoms with Crippen LogP contribution in [0.5, 0.6) is 5.88 Å². The fourth-order valence-electron chi connectivity index (χ4n) is 0.787. The van der Waals surface area contributed by atoms with E-state index >= 15 is 0 Å². The third-order valence-electron chi connectivity index (χ3n) is 1.36. The van der Waals surface area contributed by atoms with Crippen LogP contribution in [0.1, 0.15) is 5.56 Å². The van der Waals surface area contributed by atoms with Crippen molar-refractivity contribution in [3.8, 4) is 5.88 Å². The van der Waals surface area contributed by atoms with Gasteiger partial charge in [-0.15, -0.1) is 0 Å². The quantitative estimate of drug-likeness (QED) is 0.520. The molecule has 0 amide bonds. The second-order valence-electron chi connectivity index (χ2n) is 2.23. The maximum atomic E-state index is 10.00. The van der Waals surface area contributed by atoms with Crippen LogP contribution in [0, 0.1) is 10.1 Å². The molecule has 0 aliphatic carbocycles. The molecule has 0 aliphatic rings. The summed E-state index contributed by atoms with van der Waals surface area (Å²) in [6.07, 6.45) is 3.78. The Morgan fingerprint density at radius 1 is 1.69 bits per heavy atom. The van der Waals surface area contributed by atoms with Gasteiger partial charge < -0.3 is 4.74 Å². The molecule has 13 heavy (non-hydrogen) atoms. The zero-order chi connectivity index (χ0) is 9.68. The maximum absolute atomic E-state index is 10.00. The van der Waals surface area contributed by atoms with E-state index in [0.29, 0.717) is 11.4 Å². The van der Waals surface area contributed by atoms with E-state index in [1.807, 2.05) is 0 Å². The van der Waals surface area contributed by atoms with Crippen LogP contribution in [0.4, 0.5) is 0 Å². The molecule has 1 heterocycles. The summed E-state index contributed by atoms with van der Waals surface area (Å²) in [6.45, 7) is 0. The van der Waals surface area contributed by atoms with Crippen molar-refractivity contribution >= 4 is 6.08 Å². The standard InChI is InChI=1S/C8H8N2O3/c1-13-8-6-7(2-4-9-8)3-5-10(11)12/h2-6H,1H3/b5-3+. The zero-order valence-electron chi connectivity index (χ0n) is 7.01. The molecule has 0 bridgehead atoms. The van der Waals surface area contributed by atoms with Crippen LogP contribution >= 0.6 is 0 Å². The first-order valence-electron chi connectivity index (χ1n) is 3.54. The summed E-state index contributed by atoms with van der Waals surface area (Å²) in [6, 6.07) is 3.27. The van der Waals surface area contributed by atoms with Gasteiger partial charge in [-0.25, -0.2) is 4.98 Å². The summed E-state index contributed by atoms with van der Waals surface area (Å²) in [4.78, 5) is 13.3. The summed E-state index contributed by atoms with van der Waals surface area (Å²) in [7, 11) is 1.49. The van der Waals surface area contributed by atoms with Gasteiger partial charge in [-0.3, -0.25) is 10.1 Å². The molecule has 0 aliphatic heterocycles. The smallest absolute Gasteiger partial charge is 0.235 e. The summed E-state index contributed by atoms with van der Waals surface area (Å²) in [5.74, 6) is 0.436. The molecule has 0 unspecified atom stereocenters. The maximum Gasteiger partial charge on any atom is 0.235 e. The normalized spacial score (nSPS) is 10.2. The van der Waals surface area contributed by atoms with Crippen molar-refractivity contribution < 1.29 is 9.66 Å². The molecule has 5 heteroatoms. The van der Waals surface area contributed by atoms with Crippen LogP contribution in [0.25, 0.3) is 6.08 Å². The average Bonchev–Trinajstić information content (AvgIpc) is 2.15. The van der Waals surface area contributed by atoms with Crippen molar-refractivity contribution in [1.29, 1.82) is 0 Å². The molecular weight excluding hydrogens is 172 g/mol. The highest BCUT2D eigenvalue weighted by atomic mass is 16.6. The zero-order valence-corrected chi connectivity index (χ0v) is 7.01. The molecule has 1 aromatic rings. The highest BCUT2D eigenvalue weighted by Gasteiger charge is 1.94. The van der Waals surface area contributed by atoms with Gasteiger partial charge in [-0.2, -0.15) is 0 Å². The van der Waals surface area contributed by atoms with Gasteiger partial charge in [0, 0.05) is 18.3 Å². The fourth-order valence-corrected chi connectivity index (χ4v) is 0.787. The Morgan fingerprint density at radius 3 is 3.08 bits per heavy atom. The van der Waals surface area contributed by atoms with Crippen molar-refractivity contribution in [2.45, 2.75) is 0 Å². The van der Waals surface area contributed by atoms with Crippen molar-refractivity contribution in [2.24, 2.45) is 0 Å². The molecule has 0 N–H and O–H groups in total. The first-order chi connectivity index (χ1) is 6.22. The van der Waals surface area contributed by atoms with Crippen LogP contribution in [0.3, 0.4) is 0 Å². The highest BCUT2D eigenvalue weighted by Crippen LogP contribution is 2.09. The van der Waals surface area contributed by atoms with Gasteiger partial charge in [-0.1, -0.05) is 0 Å². The van der Waals surface area contributed by atoms with E-state index in [1.54, 1.807) is 12.1 Å². The fraction of sp³-hybridized carbons (Fsp3) is 0.125. The molecule has 0 saturated heterocycles. The lowest BCUT2D eigenvalue weighted by atomic mass is 10.2. The number of hydrogen-bond acceptors (Lipinski definition) is 4. The van der Waals surface area contributed by atoms with E-state index in [2.05, 4.69) is 4.98 Å². The molecule has 1 aromatic heterocycles. The number of hydrogen-bond donors (Lipinski definition) is 0. The van der Waals surface area contributed by atoms with Crippen LogP contribution in [0.15, 0.2) is 24.5 Å². The van der Waals surface area contributed by atoms with Crippen molar-refractivity contribution in [3.63, 3.8) is 0 Å². The van der Waals surface area contributed by atoms with Crippen LogP contribution in [-0.2, 0) is 0 Å². The molecule has 0 radical (unpaired) electrons. The Labute approximate surface area is 74.8 Å². The minimum atomic E-state index is -0.521. The molecule has 0 fully saturated rings. The Hall–Kier alpha value is -1.91. The van der Waals surface area contributed by atoms with Gasteiger partial charge in [0.1, 0.15) is 0 Å². The molecule has 5 nitrogen and oxygen atoms in total. The van der Waals surface area contributed by atoms with Gasteiger partial charge in [0.25, 0.3) is 0 Å². The third-order valence-corrected chi connectivity index (χ3v) is 1.36. The topological polar surface area (TPSA) is 65.3 Å². The molecular formula is C8H8N2O3. The number of methoxy groups -OCH3 is 1. The number of ether oxygens (including phenoxy) is 1. The molecule has 0 spiro atoms. The van der Waals surface area contributed by atoms with Gasteiger partial charge in [0.2, 0.25) is 12.1 Å². The van der Waals surface area contributed by atoms with E-state index in [0.717, 1.165) is 6.20 Å². The van der Waals surface area contributed by atoms with E-state index in [9.17, 15) is 10.1 Å². The predicted octanol–water partition coefficient (Wildman–Crippen LogP) is 1.34. The first-order valence-corrected chi connectivity index (χ1v) is 3.54. The first kappa shape index (κ1) is 9.18. The second-order valence-corrected chi connectivity index (χ2v) is 2.23. The summed E-state index contributed by atoms with van der Waals surface area (Å²) in [5, 5.41) is 10.00. The second kappa shape index (κ2) is 4.20. The van der Waals surface area contributed by atoms with E-state index in [1.165, 1.54) is 19.4 Å². The lowest BCUT2D eigenvalue weighted by Crippen LogP contribution is -1.87. The van der Waals surface area contributed by atoms with Crippen molar-refractivity contribution in [1.82, 2.24) is 4.98 Å². The predicted molar refractivity (Wildman–Crippen MR) is 46.8 cm³/mol. The van der Waals surface area contributed by atoms with Crippen molar-refractivity contribution in [2.75, 3.05) is 7.11 Å². The third kappa shape index (κ3) is 2.90. The van der Waals surface area contributed by atoms with E-state index < -0.39 is 4.92 Å². The molecule has 0 aromatic carbocycles. The number of pyridine rings is 1. The Bertz CT molecular complexity index is 336. The Morgan fingerprint density at radius 2 is 2.46 bits per heavy atom. The molecule has 1 rings (SSSR count). The summed E-state index contributed by atoms with van der Waals surface area (Å²) >= 11 is 0. The lowest BCUT2D eigenvalue weighted by Gasteiger charge is -1.97. The monoisotopic (exact) mass is 180 g/mol. The lowest BCUT2D eigenvalue weighted by molar-refractivity contribution is -0.400. The van der Waals surface area contributed by atoms with Gasteiger partial charge in [0.05, 0.1) is 12.0 Å². The van der Waals surface area contributed by atoms with Gasteiger partial charge >= 0.3 is 0 Å². The Balaban J connectivity index is 2.83. The summed E-state index contributed by atoms with van der Waals surface area (Å²) < 4.78 is 4.85. The SMILES string of the molecule is COc1cc(/C=C/[N+](=O)[O-])ccn1. The van der Waals surface area contributed by atoms with Crippen molar-refractivity contribution in [3.05, 3.63) is 40.2 Å². The summed E-state index contributed by atoms with van der Waals surface area (Å²) in [5.41, 5.74) is 0.684. The molecule has 0 saturated carbocycles. The largest absolute Gasteiger partial charge is 0.481 e. The van der Waals surface area contributed by atoms with E-state index in [-0.39, 0.29) is 0 Å². The van der Waals surface area contributed by atoms with Gasteiger partial charge in [-0.05, 0) is 11.6 Å². The number of nitrogens with zero attached hydrogens (tertiary/aromatic N) is 2.